The maximum atomic E-state index is 13.1. The summed E-state index contributed by atoms with van der Waals surface area (Å²) >= 11 is 0. The molecule has 2 unspecified atom stereocenters. The lowest BCUT2D eigenvalue weighted by molar-refractivity contribution is -0.161. The summed E-state index contributed by atoms with van der Waals surface area (Å²) in [6.45, 7) is 7.32. The second-order valence-corrected chi connectivity index (χ2v) is 32.9. The zero-order chi connectivity index (χ0) is 74.1. The van der Waals surface area contributed by atoms with Gasteiger partial charge < -0.3 is 33.8 Å². The van der Waals surface area contributed by atoms with Gasteiger partial charge in [0, 0.05) is 25.7 Å². The smallest absolute Gasteiger partial charge is 0.462 e. The summed E-state index contributed by atoms with van der Waals surface area (Å²) in [5.41, 5.74) is 0. The highest BCUT2D eigenvalue weighted by Crippen LogP contribution is 2.45. The number of rotatable bonds is 82. The summed E-state index contributed by atoms with van der Waals surface area (Å²) < 4.78 is 68.8. The van der Waals surface area contributed by atoms with Gasteiger partial charge in [0.1, 0.15) is 19.3 Å². The van der Waals surface area contributed by atoms with Crippen LogP contribution in [0.5, 0.6) is 0 Å². The molecule has 3 N–H and O–H groups in total. The Morgan fingerprint density at radius 3 is 0.673 bits per heavy atom. The Morgan fingerprint density at radius 1 is 0.267 bits per heavy atom. The zero-order valence-electron chi connectivity index (χ0n) is 66.1. The molecule has 0 aliphatic carbocycles. The van der Waals surface area contributed by atoms with Crippen LogP contribution in [0.2, 0.25) is 0 Å². The minimum Gasteiger partial charge on any atom is -0.462 e. The molecule has 0 fully saturated rings. The lowest BCUT2D eigenvalue weighted by Crippen LogP contribution is -2.30. The van der Waals surface area contributed by atoms with E-state index in [1.807, 2.05) is 0 Å². The number of aliphatic hydroxyl groups excluding tert-OH is 1. The lowest BCUT2D eigenvalue weighted by atomic mass is 10.0. The number of esters is 4. The van der Waals surface area contributed by atoms with E-state index in [1.165, 1.54) is 263 Å². The van der Waals surface area contributed by atoms with Gasteiger partial charge in [0.15, 0.2) is 12.2 Å². The third kappa shape index (κ3) is 76.1. The van der Waals surface area contributed by atoms with E-state index in [1.54, 1.807) is 0 Å². The molecule has 5 atom stereocenters. The first-order chi connectivity index (χ1) is 49.0. The molecule has 0 rings (SSSR count). The number of hydrogen-bond acceptors (Lipinski definition) is 15. The van der Waals surface area contributed by atoms with Crippen molar-refractivity contribution < 1.29 is 80.2 Å². The second kappa shape index (κ2) is 74.9. The van der Waals surface area contributed by atoms with Crippen molar-refractivity contribution in [3.63, 3.8) is 0 Å². The summed E-state index contributed by atoms with van der Waals surface area (Å²) in [6, 6.07) is 0. The molecule has 0 aromatic carbocycles. The number of phosphoric acid groups is 2. The summed E-state index contributed by atoms with van der Waals surface area (Å²) in [5.74, 6) is -1.36. The van der Waals surface area contributed by atoms with Crippen molar-refractivity contribution >= 4 is 39.5 Å². The highest BCUT2D eigenvalue weighted by Gasteiger charge is 2.30. The topological polar surface area (TPSA) is 237 Å². The van der Waals surface area contributed by atoms with Crippen LogP contribution in [0, 0.1) is 5.92 Å². The van der Waals surface area contributed by atoms with Gasteiger partial charge in [-0.3, -0.25) is 37.3 Å². The van der Waals surface area contributed by atoms with E-state index >= 15 is 0 Å². The Bertz CT molecular complexity index is 1930. The van der Waals surface area contributed by atoms with Crippen molar-refractivity contribution in [3.05, 3.63) is 0 Å². The van der Waals surface area contributed by atoms with Crippen LogP contribution in [-0.4, -0.2) is 96.7 Å². The quantitative estimate of drug-likeness (QED) is 0.0222. The maximum Gasteiger partial charge on any atom is 0.472 e. The number of ether oxygens (including phenoxy) is 4. The number of aliphatic hydroxyl groups is 1. The van der Waals surface area contributed by atoms with Gasteiger partial charge >= 0.3 is 39.5 Å². The fourth-order valence-corrected chi connectivity index (χ4v) is 14.3. The average molecular weight is 1480 g/mol. The second-order valence-electron chi connectivity index (χ2n) is 30.0. The predicted octanol–water partition coefficient (Wildman–Crippen LogP) is 24.8. The zero-order valence-corrected chi connectivity index (χ0v) is 67.8. The van der Waals surface area contributed by atoms with Crippen molar-refractivity contribution in [2.45, 2.75) is 457 Å². The van der Waals surface area contributed by atoms with Crippen molar-refractivity contribution in [2.24, 2.45) is 5.92 Å². The molecule has 19 heteroatoms. The molecule has 0 saturated carbocycles. The largest absolute Gasteiger partial charge is 0.472 e. The van der Waals surface area contributed by atoms with Crippen LogP contribution >= 0.6 is 15.6 Å². The van der Waals surface area contributed by atoms with Gasteiger partial charge in [-0.05, 0) is 31.6 Å². The van der Waals surface area contributed by atoms with Crippen LogP contribution in [-0.2, 0) is 65.4 Å². The van der Waals surface area contributed by atoms with Gasteiger partial charge in [-0.15, -0.1) is 0 Å². The summed E-state index contributed by atoms with van der Waals surface area (Å²) in [5, 5.41) is 10.7. The van der Waals surface area contributed by atoms with E-state index in [9.17, 15) is 43.2 Å². The molecule has 17 nitrogen and oxygen atoms in total. The first-order valence-electron chi connectivity index (χ1n) is 42.6. The molecule has 0 amide bonds. The number of unbranched alkanes of at least 4 members (excludes halogenated alkanes) is 54. The third-order valence-corrected chi connectivity index (χ3v) is 21.2. The van der Waals surface area contributed by atoms with E-state index in [2.05, 4.69) is 34.6 Å². The molecule has 0 heterocycles. The van der Waals surface area contributed by atoms with Crippen molar-refractivity contribution in [3.8, 4) is 0 Å². The molecule has 0 bridgehead atoms. The van der Waals surface area contributed by atoms with Crippen molar-refractivity contribution in [1.82, 2.24) is 0 Å². The summed E-state index contributed by atoms with van der Waals surface area (Å²) in [6.07, 6.45) is 66.6. The van der Waals surface area contributed by atoms with Crippen molar-refractivity contribution in [1.29, 1.82) is 0 Å². The molecule has 0 aromatic rings. The fraction of sp³-hybridized carbons (Fsp3) is 0.951. The molecular weight excluding hydrogens is 1320 g/mol. The number of hydrogen-bond donors (Lipinski definition) is 3. The molecule has 0 spiro atoms. The Morgan fingerprint density at radius 2 is 0.455 bits per heavy atom. The number of phosphoric ester groups is 2. The Labute approximate surface area is 619 Å². The Hall–Kier alpha value is -1.94. The molecule has 0 aliphatic heterocycles. The van der Waals surface area contributed by atoms with Gasteiger partial charge in [-0.25, -0.2) is 9.13 Å². The van der Waals surface area contributed by atoms with Crippen LogP contribution < -0.4 is 0 Å². The standard InChI is InChI=1S/C82H160O17P2/c1-6-9-12-15-18-21-24-27-29-31-32-33-34-36-39-42-47-53-58-63-68-82(87)98-77(71-92-79(84)65-60-55-50-45-40-38-35-30-28-25-22-19-16-13-10-7-2)73-96-100(88,89)94-69-76(83)70-95-101(90,91)97-74-78(72-93-80(85)66-61-56-51-48-43-44-49-54-59-64-75(4)5)99-81(86)67-62-57-52-46-41-37-26-23-20-17-14-11-8-3/h75-78,83H,6-74H2,1-5H3,(H,88,89)(H,90,91)/t76-,77-,78-/m1/s1. The molecule has 0 aliphatic rings. The van der Waals surface area contributed by atoms with Crippen molar-refractivity contribution in [2.75, 3.05) is 39.6 Å². The first kappa shape index (κ1) is 99.1. The molecule has 0 radical (unpaired) electrons. The van der Waals surface area contributed by atoms with E-state index < -0.39 is 97.5 Å². The number of carbonyl (C=O) groups is 4. The van der Waals surface area contributed by atoms with Gasteiger partial charge in [0.05, 0.1) is 26.4 Å². The fourth-order valence-electron chi connectivity index (χ4n) is 12.8. The molecular formula is C82H160O17P2. The summed E-state index contributed by atoms with van der Waals surface area (Å²) in [4.78, 5) is 73.1. The van der Waals surface area contributed by atoms with Crippen LogP contribution in [0.25, 0.3) is 0 Å². The molecule has 101 heavy (non-hydrogen) atoms. The van der Waals surface area contributed by atoms with Gasteiger partial charge in [-0.2, -0.15) is 0 Å². The highest BCUT2D eigenvalue weighted by molar-refractivity contribution is 7.47. The SMILES string of the molecule is CCCCCCCCCCCCCCCCCCCCCCC(=O)O[C@H](COC(=O)CCCCCCCCCCCCCCCCCC)COP(=O)(O)OC[C@@H](O)COP(=O)(O)OC[C@@H](COC(=O)CCCCCCCCCCCC(C)C)OC(=O)CCCCCCCCCCCCCCC. The van der Waals surface area contributed by atoms with E-state index in [-0.39, 0.29) is 25.7 Å². The maximum absolute atomic E-state index is 13.1. The summed E-state index contributed by atoms with van der Waals surface area (Å²) in [7, 11) is -9.92. The van der Waals surface area contributed by atoms with Crippen LogP contribution in [0.15, 0.2) is 0 Å². The average Bonchev–Trinajstić information content (AvgIpc) is 0.940. The van der Waals surface area contributed by atoms with Crippen LogP contribution in [0.3, 0.4) is 0 Å². The van der Waals surface area contributed by atoms with Crippen LogP contribution in [0.1, 0.15) is 439 Å². The van der Waals surface area contributed by atoms with Gasteiger partial charge in [0.2, 0.25) is 0 Å². The molecule has 600 valence electrons. The Balaban J connectivity index is 5.24. The first-order valence-corrected chi connectivity index (χ1v) is 45.6. The monoisotopic (exact) mass is 1480 g/mol. The minimum atomic E-state index is -4.96. The third-order valence-electron chi connectivity index (χ3n) is 19.3. The van der Waals surface area contributed by atoms with Gasteiger partial charge in [0.25, 0.3) is 0 Å². The molecule has 0 aromatic heterocycles. The molecule has 0 saturated heterocycles. The van der Waals surface area contributed by atoms with E-state index in [0.29, 0.717) is 25.7 Å². The van der Waals surface area contributed by atoms with E-state index in [4.69, 9.17) is 37.0 Å². The highest BCUT2D eigenvalue weighted by atomic mass is 31.2. The Kier molecular flexibility index (Phi) is 73.5. The number of carbonyl (C=O) groups excluding carboxylic acids is 4. The lowest BCUT2D eigenvalue weighted by Gasteiger charge is -2.21. The van der Waals surface area contributed by atoms with E-state index in [0.717, 1.165) is 95.8 Å². The van der Waals surface area contributed by atoms with Gasteiger partial charge in [-0.1, -0.05) is 388 Å². The normalized spacial score (nSPS) is 13.8. The minimum absolute atomic E-state index is 0.108. The predicted molar refractivity (Wildman–Crippen MR) is 414 cm³/mol. The van der Waals surface area contributed by atoms with Crippen LogP contribution in [0.4, 0.5) is 0 Å².